The van der Waals surface area contributed by atoms with Crippen molar-refractivity contribution in [3.05, 3.63) is 72.1 Å². The Bertz CT molecular complexity index is 1530. The third-order valence-corrected chi connectivity index (χ3v) is 9.84. The average molecular weight is 539 g/mol. The number of nitrogens with one attached hydrogen (secondary N) is 4. The first-order chi connectivity index (χ1) is 19.4. The van der Waals surface area contributed by atoms with Crippen molar-refractivity contribution >= 4 is 33.8 Å². The van der Waals surface area contributed by atoms with Crippen LogP contribution in [0.5, 0.6) is 0 Å². The molecule has 2 aromatic carbocycles. The van der Waals surface area contributed by atoms with Crippen LogP contribution in [0.2, 0.25) is 0 Å². The Morgan fingerprint density at radius 3 is 2.08 bits per heavy atom. The van der Waals surface area contributed by atoms with Crippen LogP contribution in [0, 0.1) is 23.7 Å². The molecule has 1 atom stereocenters. The number of carbonyl (C=O) groups excluding carboxylic acids is 2. The number of hydrogen-bond acceptors (Lipinski definition) is 3. The molecule has 0 saturated heterocycles. The van der Waals surface area contributed by atoms with E-state index in [-0.39, 0.29) is 12.0 Å². The summed E-state index contributed by atoms with van der Waals surface area (Å²) in [5.74, 6) is 2.33. The van der Waals surface area contributed by atoms with Gasteiger partial charge in [0.05, 0.1) is 0 Å². The van der Waals surface area contributed by atoms with Crippen molar-refractivity contribution in [3.8, 4) is 0 Å². The highest BCUT2D eigenvalue weighted by molar-refractivity contribution is 5.91. The summed E-state index contributed by atoms with van der Waals surface area (Å²) < 4.78 is 6.15. The molecule has 4 saturated carbocycles. The van der Waals surface area contributed by atoms with E-state index in [1.807, 2.05) is 55.7 Å². The molecule has 4 aliphatic carbocycles. The molecule has 0 aliphatic heterocycles. The molecule has 4 N–H and O–H groups in total. The normalized spacial score (nSPS) is 26.6. The van der Waals surface area contributed by atoms with E-state index in [0.29, 0.717) is 31.2 Å². The zero-order valence-electron chi connectivity index (χ0n) is 23.0. The largest absolute Gasteiger partial charge is 0.446 e. The molecule has 0 radical (unpaired) electrons. The number of H-pyrrole nitrogens is 2. The van der Waals surface area contributed by atoms with E-state index in [9.17, 15) is 9.59 Å². The lowest BCUT2D eigenvalue weighted by Gasteiger charge is -2.53. The maximum atomic E-state index is 13.8. The number of fused-ring (bicyclic) bond motifs is 2. The van der Waals surface area contributed by atoms with E-state index in [4.69, 9.17) is 4.74 Å². The zero-order valence-corrected chi connectivity index (χ0v) is 23.0. The van der Waals surface area contributed by atoms with Gasteiger partial charge in [0, 0.05) is 47.2 Å². The minimum atomic E-state index is -1.17. The molecule has 4 aromatic rings. The van der Waals surface area contributed by atoms with Gasteiger partial charge >= 0.3 is 6.09 Å². The fourth-order valence-electron chi connectivity index (χ4n) is 8.13. The number of ether oxygens (including phenoxy) is 1. The molecular formula is C33H38N4O3. The van der Waals surface area contributed by atoms with Gasteiger partial charge in [-0.05, 0) is 92.4 Å². The lowest BCUT2D eigenvalue weighted by atomic mass is 9.55. The van der Waals surface area contributed by atoms with Crippen molar-refractivity contribution < 1.29 is 14.3 Å². The SMILES string of the molecule is CC(Cc1c[nH]c2ccccc12)(NC(=O)OC1C2CC3CC(C2)CC1C3)C(=O)NCCc1c[nH]c2ccccc12. The van der Waals surface area contributed by atoms with Crippen LogP contribution < -0.4 is 10.6 Å². The standard InChI is InChI=1S/C33H38N4O3/c1-33(17-25-19-36-29-9-5-3-7-27(25)29,31(38)34-11-10-22-18-35-28-8-4-2-6-26(22)28)37-32(39)40-30-23-13-20-12-21(15-23)16-24(30)14-20/h2-9,18-21,23-24,30,35-36H,10-17H2,1H3,(H,34,38)(H,37,39). The number of para-hydroxylation sites is 2. The third kappa shape index (κ3) is 4.65. The van der Waals surface area contributed by atoms with E-state index in [1.54, 1.807) is 0 Å². The summed E-state index contributed by atoms with van der Waals surface area (Å²) in [5.41, 5.74) is 3.06. The number of aromatic amines is 2. The van der Waals surface area contributed by atoms with E-state index >= 15 is 0 Å². The number of aromatic nitrogens is 2. The molecule has 2 heterocycles. The van der Waals surface area contributed by atoms with Crippen molar-refractivity contribution in [2.75, 3.05) is 6.54 Å². The van der Waals surface area contributed by atoms with E-state index < -0.39 is 11.6 Å². The minimum absolute atomic E-state index is 0.0323. The lowest BCUT2D eigenvalue weighted by molar-refractivity contribution is -0.127. The van der Waals surface area contributed by atoms with E-state index in [2.05, 4.69) is 32.7 Å². The molecular weight excluding hydrogens is 500 g/mol. The Hall–Kier alpha value is -3.74. The lowest BCUT2D eigenvalue weighted by Crippen LogP contribution is -2.60. The summed E-state index contributed by atoms with van der Waals surface area (Å²) in [6, 6.07) is 16.2. The van der Waals surface area contributed by atoms with Gasteiger partial charge in [0.2, 0.25) is 5.91 Å². The van der Waals surface area contributed by atoms with Gasteiger partial charge in [0.1, 0.15) is 11.6 Å². The maximum Gasteiger partial charge on any atom is 0.408 e. The highest BCUT2D eigenvalue weighted by Crippen LogP contribution is 2.54. The first kappa shape index (κ1) is 25.2. The highest BCUT2D eigenvalue weighted by Gasteiger charge is 2.50. The summed E-state index contributed by atoms with van der Waals surface area (Å²) in [5, 5.41) is 8.36. The predicted octanol–water partition coefficient (Wildman–Crippen LogP) is 5.86. The Morgan fingerprint density at radius 2 is 1.43 bits per heavy atom. The fourth-order valence-corrected chi connectivity index (χ4v) is 8.13. The fraction of sp³-hybridized carbons (Fsp3) is 0.455. The number of carbonyl (C=O) groups is 2. The second kappa shape index (κ2) is 10.0. The molecule has 4 fully saturated rings. The van der Waals surface area contributed by atoms with Gasteiger partial charge in [-0.1, -0.05) is 36.4 Å². The van der Waals surface area contributed by atoms with Gasteiger partial charge < -0.3 is 25.3 Å². The Morgan fingerprint density at radius 1 is 0.850 bits per heavy atom. The minimum Gasteiger partial charge on any atom is -0.446 e. The van der Waals surface area contributed by atoms with Crippen LogP contribution in [0.15, 0.2) is 60.9 Å². The molecule has 2 aromatic heterocycles. The Balaban J connectivity index is 1.07. The number of alkyl carbamates (subject to hydrolysis) is 1. The molecule has 8 rings (SSSR count). The van der Waals surface area contributed by atoms with Crippen LogP contribution in [0.3, 0.4) is 0 Å². The van der Waals surface area contributed by atoms with Crippen molar-refractivity contribution in [1.29, 1.82) is 0 Å². The first-order valence-corrected chi connectivity index (χ1v) is 14.8. The Kier molecular flexibility index (Phi) is 6.32. The number of amides is 2. The van der Waals surface area contributed by atoms with Crippen LogP contribution in [-0.2, 0) is 22.4 Å². The topological polar surface area (TPSA) is 99.0 Å². The molecule has 4 aliphatic rings. The molecule has 1 unspecified atom stereocenters. The number of benzene rings is 2. The van der Waals surface area contributed by atoms with Crippen LogP contribution in [0.25, 0.3) is 21.8 Å². The van der Waals surface area contributed by atoms with Gasteiger partial charge in [-0.25, -0.2) is 4.79 Å². The second-order valence-electron chi connectivity index (χ2n) is 12.7. The van der Waals surface area contributed by atoms with Gasteiger partial charge in [0.25, 0.3) is 0 Å². The van der Waals surface area contributed by atoms with Gasteiger partial charge in [0.15, 0.2) is 0 Å². The third-order valence-electron chi connectivity index (χ3n) is 9.84. The maximum absolute atomic E-state index is 13.8. The molecule has 4 bridgehead atoms. The summed E-state index contributed by atoms with van der Waals surface area (Å²) in [6.45, 7) is 2.28. The van der Waals surface area contributed by atoms with Crippen molar-refractivity contribution in [2.24, 2.45) is 23.7 Å². The molecule has 208 valence electrons. The van der Waals surface area contributed by atoms with Crippen LogP contribution in [0.1, 0.15) is 50.2 Å². The summed E-state index contributed by atoms with van der Waals surface area (Å²) in [7, 11) is 0. The highest BCUT2D eigenvalue weighted by atomic mass is 16.6. The molecule has 40 heavy (non-hydrogen) atoms. The van der Waals surface area contributed by atoms with Crippen LogP contribution >= 0.6 is 0 Å². The quantitative estimate of drug-likeness (QED) is 0.226. The van der Waals surface area contributed by atoms with Gasteiger partial charge in [-0.3, -0.25) is 4.79 Å². The van der Waals surface area contributed by atoms with Crippen molar-refractivity contribution in [1.82, 2.24) is 20.6 Å². The van der Waals surface area contributed by atoms with Gasteiger partial charge in [-0.2, -0.15) is 0 Å². The van der Waals surface area contributed by atoms with E-state index in [1.165, 1.54) is 32.1 Å². The Labute approximate surface area is 234 Å². The number of hydrogen-bond donors (Lipinski definition) is 4. The van der Waals surface area contributed by atoms with Crippen LogP contribution in [0.4, 0.5) is 4.79 Å². The first-order valence-electron chi connectivity index (χ1n) is 14.8. The predicted molar refractivity (Wildman–Crippen MR) is 156 cm³/mol. The smallest absolute Gasteiger partial charge is 0.408 e. The molecule has 0 spiro atoms. The summed E-state index contributed by atoms with van der Waals surface area (Å²) in [6.07, 6.45) is 10.5. The molecule has 7 nitrogen and oxygen atoms in total. The van der Waals surface area contributed by atoms with Crippen LogP contribution in [-0.4, -0.2) is 40.2 Å². The zero-order chi connectivity index (χ0) is 27.3. The van der Waals surface area contributed by atoms with E-state index in [0.717, 1.165) is 44.8 Å². The van der Waals surface area contributed by atoms with Crippen molar-refractivity contribution in [3.63, 3.8) is 0 Å². The number of rotatable bonds is 8. The molecule has 7 heteroatoms. The second-order valence-corrected chi connectivity index (χ2v) is 12.7. The average Bonchev–Trinajstić information content (AvgIpc) is 3.54. The van der Waals surface area contributed by atoms with Gasteiger partial charge in [-0.15, -0.1) is 0 Å². The monoisotopic (exact) mass is 538 g/mol. The van der Waals surface area contributed by atoms with Crippen molar-refractivity contribution in [2.45, 2.75) is 63.5 Å². The molecule has 2 amide bonds. The summed E-state index contributed by atoms with van der Waals surface area (Å²) in [4.78, 5) is 33.8. The summed E-state index contributed by atoms with van der Waals surface area (Å²) >= 11 is 0.